The first kappa shape index (κ1) is 15.7. The molecule has 4 aliphatic rings. The summed E-state index contributed by atoms with van der Waals surface area (Å²) in [7, 11) is 0. The van der Waals surface area contributed by atoms with Crippen LogP contribution >= 0.6 is 0 Å². The van der Waals surface area contributed by atoms with Crippen molar-refractivity contribution in [2.24, 2.45) is 17.8 Å². The van der Waals surface area contributed by atoms with Gasteiger partial charge in [-0.2, -0.15) is 4.80 Å². The number of amides is 2. The van der Waals surface area contributed by atoms with Crippen molar-refractivity contribution in [3.05, 3.63) is 30.2 Å². The molecule has 0 radical (unpaired) electrons. The molecule has 4 aliphatic carbocycles. The molecule has 2 aromatic heterocycles. The van der Waals surface area contributed by atoms with Gasteiger partial charge in [-0.25, -0.2) is 9.78 Å². The number of hydrogen-bond donors (Lipinski definition) is 2. The second kappa shape index (κ2) is 6.03. The van der Waals surface area contributed by atoms with Crippen molar-refractivity contribution in [1.29, 1.82) is 0 Å². The van der Waals surface area contributed by atoms with Crippen molar-refractivity contribution >= 4 is 11.8 Å². The maximum atomic E-state index is 12.6. The molecular formula is C18H23N7O. The molecule has 26 heavy (non-hydrogen) atoms. The number of aromatic nitrogens is 5. The summed E-state index contributed by atoms with van der Waals surface area (Å²) in [5, 5.41) is 17.8. The molecular weight excluding hydrogens is 330 g/mol. The zero-order chi connectivity index (χ0) is 17.6. The zero-order valence-electron chi connectivity index (χ0n) is 14.6. The molecule has 4 bridgehead atoms. The standard InChI is InChI=1S/C18H23N7O/c26-17(23-18-7-13-3-14(8-18)5-15(4-13)9-18)22-16-6-12(1-2-19-16)10-25-21-11-20-24-25/h1-2,6,11,13-15H,3-5,7-10H2,(H2,19,22,23,26). The Bertz CT molecular complexity index is 768. The van der Waals surface area contributed by atoms with Crippen LogP contribution in [0.15, 0.2) is 24.7 Å². The molecule has 2 aromatic rings. The van der Waals surface area contributed by atoms with Gasteiger partial charge in [-0.15, -0.1) is 10.2 Å². The minimum atomic E-state index is -0.143. The van der Waals surface area contributed by atoms with Gasteiger partial charge < -0.3 is 5.32 Å². The van der Waals surface area contributed by atoms with Gasteiger partial charge >= 0.3 is 6.03 Å². The minimum absolute atomic E-state index is 0.00108. The Hall–Kier alpha value is -2.51. The summed E-state index contributed by atoms with van der Waals surface area (Å²) >= 11 is 0. The van der Waals surface area contributed by atoms with Gasteiger partial charge in [0.1, 0.15) is 5.82 Å². The first-order chi connectivity index (χ1) is 12.7. The SMILES string of the molecule is O=C(Nc1cc(Cn2ncnn2)ccn1)NC12CC3CC(CC(C3)C1)C2. The summed E-state index contributed by atoms with van der Waals surface area (Å²) in [5.41, 5.74) is 0.962. The van der Waals surface area contributed by atoms with E-state index in [2.05, 4.69) is 31.0 Å². The molecule has 4 fully saturated rings. The molecule has 0 spiro atoms. The number of carbonyl (C=O) groups is 1. The Morgan fingerprint density at radius 3 is 2.58 bits per heavy atom. The maximum Gasteiger partial charge on any atom is 0.320 e. The third kappa shape index (κ3) is 3.04. The highest BCUT2D eigenvalue weighted by Crippen LogP contribution is 2.55. The van der Waals surface area contributed by atoms with Crippen LogP contribution in [0.5, 0.6) is 0 Å². The molecule has 0 aliphatic heterocycles. The first-order valence-electron chi connectivity index (χ1n) is 9.41. The summed E-state index contributed by atoms with van der Waals surface area (Å²) in [6.45, 7) is 0.494. The topological polar surface area (TPSA) is 97.6 Å². The van der Waals surface area contributed by atoms with Gasteiger partial charge in [0.2, 0.25) is 0 Å². The molecule has 0 aromatic carbocycles. The lowest BCUT2D eigenvalue weighted by Crippen LogP contribution is -2.60. The number of carbonyl (C=O) groups excluding carboxylic acids is 1. The Balaban J connectivity index is 1.25. The number of tetrazole rings is 1. The molecule has 0 saturated heterocycles. The van der Waals surface area contributed by atoms with E-state index in [0.717, 1.165) is 42.6 Å². The maximum absolute atomic E-state index is 12.6. The zero-order valence-corrected chi connectivity index (χ0v) is 14.6. The molecule has 4 saturated carbocycles. The van der Waals surface area contributed by atoms with Gasteiger partial charge in [0.15, 0.2) is 6.33 Å². The van der Waals surface area contributed by atoms with Crippen molar-refractivity contribution in [2.75, 3.05) is 5.32 Å². The number of nitrogens with zero attached hydrogens (tertiary/aromatic N) is 5. The van der Waals surface area contributed by atoms with Gasteiger partial charge in [0, 0.05) is 11.7 Å². The molecule has 0 unspecified atom stereocenters. The predicted molar refractivity (Wildman–Crippen MR) is 94.2 cm³/mol. The predicted octanol–water partition coefficient (Wildman–Crippen LogP) is 2.21. The van der Waals surface area contributed by atoms with Crippen LogP contribution in [-0.2, 0) is 6.54 Å². The highest BCUT2D eigenvalue weighted by molar-refractivity contribution is 5.88. The van der Waals surface area contributed by atoms with Gasteiger partial charge in [-0.1, -0.05) is 0 Å². The van der Waals surface area contributed by atoms with Crippen molar-refractivity contribution in [3.8, 4) is 0 Å². The van der Waals surface area contributed by atoms with E-state index in [0.29, 0.717) is 12.4 Å². The third-order valence-electron chi connectivity index (χ3n) is 6.20. The van der Waals surface area contributed by atoms with E-state index >= 15 is 0 Å². The fourth-order valence-electron chi connectivity index (χ4n) is 5.72. The number of hydrogen-bond acceptors (Lipinski definition) is 5. The van der Waals surface area contributed by atoms with E-state index in [4.69, 9.17) is 0 Å². The highest BCUT2D eigenvalue weighted by Gasteiger charge is 2.51. The normalized spacial score (nSPS) is 31.8. The summed E-state index contributed by atoms with van der Waals surface area (Å²) in [6, 6.07) is 3.59. The van der Waals surface area contributed by atoms with Gasteiger partial charge in [-0.3, -0.25) is 5.32 Å². The molecule has 8 nitrogen and oxygen atoms in total. The Labute approximate surface area is 151 Å². The van der Waals surface area contributed by atoms with E-state index in [-0.39, 0.29) is 11.6 Å². The summed E-state index contributed by atoms with van der Waals surface area (Å²) in [5.74, 6) is 2.96. The van der Waals surface area contributed by atoms with Crippen molar-refractivity contribution in [3.63, 3.8) is 0 Å². The molecule has 0 atom stereocenters. The number of anilines is 1. The van der Waals surface area contributed by atoms with Crippen LogP contribution in [0.3, 0.4) is 0 Å². The average molecular weight is 353 g/mol. The van der Waals surface area contributed by atoms with E-state index in [1.165, 1.54) is 30.4 Å². The molecule has 2 N–H and O–H groups in total. The Morgan fingerprint density at radius 2 is 1.92 bits per heavy atom. The molecule has 136 valence electrons. The molecule has 2 heterocycles. The van der Waals surface area contributed by atoms with Crippen LogP contribution in [0.2, 0.25) is 0 Å². The minimum Gasteiger partial charge on any atom is -0.332 e. The van der Waals surface area contributed by atoms with Crippen molar-refractivity contribution < 1.29 is 4.79 Å². The monoisotopic (exact) mass is 353 g/mol. The summed E-state index contributed by atoms with van der Waals surface area (Å²) in [4.78, 5) is 18.4. The van der Waals surface area contributed by atoms with Crippen molar-refractivity contribution in [2.45, 2.75) is 50.6 Å². The van der Waals surface area contributed by atoms with E-state index in [1.54, 1.807) is 6.20 Å². The number of nitrogens with one attached hydrogen (secondary N) is 2. The lowest BCUT2D eigenvalue weighted by atomic mass is 9.53. The van der Waals surface area contributed by atoms with Crippen LogP contribution < -0.4 is 10.6 Å². The fraction of sp³-hybridized carbons (Fsp3) is 0.611. The second-order valence-corrected chi connectivity index (χ2v) is 8.29. The number of urea groups is 1. The van der Waals surface area contributed by atoms with Crippen LogP contribution in [0.25, 0.3) is 0 Å². The first-order valence-corrected chi connectivity index (χ1v) is 9.41. The number of rotatable bonds is 4. The van der Waals surface area contributed by atoms with Crippen LogP contribution in [0.4, 0.5) is 10.6 Å². The fourth-order valence-corrected chi connectivity index (χ4v) is 5.72. The Kier molecular flexibility index (Phi) is 3.65. The molecule has 8 heteroatoms. The van der Waals surface area contributed by atoms with Crippen LogP contribution in [0.1, 0.15) is 44.1 Å². The Morgan fingerprint density at radius 1 is 1.19 bits per heavy atom. The highest BCUT2D eigenvalue weighted by atomic mass is 16.2. The summed E-state index contributed by atoms with van der Waals surface area (Å²) in [6.07, 6.45) is 10.6. The quantitative estimate of drug-likeness (QED) is 0.878. The lowest BCUT2D eigenvalue weighted by molar-refractivity contribution is -0.0127. The third-order valence-corrected chi connectivity index (χ3v) is 6.20. The number of pyridine rings is 1. The van der Waals surface area contributed by atoms with Gasteiger partial charge in [-0.05, 0) is 79.2 Å². The molecule has 2 amide bonds. The summed E-state index contributed by atoms with van der Waals surface area (Å²) < 4.78 is 0. The van der Waals surface area contributed by atoms with E-state index in [1.807, 2.05) is 12.1 Å². The second-order valence-electron chi connectivity index (χ2n) is 8.29. The van der Waals surface area contributed by atoms with Crippen molar-refractivity contribution in [1.82, 2.24) is 30.5 Å². The smallest absolute Gasteiger partial charge is 0.320 e. The van der Waals surface area contributed by atoms with Crippen LogP contribution in [0, 0.1) is 17.8 Å². The van der Waals surface area contributed by atoms with Crippen LogP contribution in [-0.4, -0.2) is 36.8 Å². The largest absolute Gasteiger partial charge is 0.332 e. The average Bonchev–Trinajstić information content (AvgIpc) is 3.06. The van der Waals surface area contributed by atoms with Gasteiger partial charge in [0.05, 0.1) is 6.54 Å². The van der Waals surface area contributed by atoms with E-state index < -0.39 is 0 Å². The van der Waals surface area contributed by atoms with E-state index in [9.17, 15) is 4.79 Å². The van der Waals surface area contributed by atoms with Gasteiger partial charge in [0.25, 0.3) is 0 Å². The lowest BCUT2D eigenvalue weighted by Gasteiger charge is -2.56. The molecule has 6 rings (SSSR count).